The second-order valence-corrected chi connectivity index (χ2v) is 6.86. The second kappa shape index (κ2) is 7.58. The van der Waals surface area contributed by atoms with Gasteiger partial charge in [-0.1, -0.05) is 47.5 Å². The van der Waals surface area contributed by atoms with E-state index in [0.29, 0.717) is 29.7 Å². The van der Waals surface area contributed by atoms with E-state index in [4.69, 9.17) is 23.2 Å². The fourth-order valence-electron chi connectivity index (χ4n) is 2.84. The summed E-state index contributed by atoms with van der Waals surface area (Å²) in [6, 6.07) is 13.9. The molecule has 3 nitrogen and oxygen atoms in total. The lowest BCUT2D eigenvalue weighted by Crippen LogP contribution is -2.23. The number of benzene rings is 2. The van der Waals surface area contributed by atoms with Crippen LogP contribution in [0, 0.1) is 0 Å². The Labute approximate surface area is 151 Å². The summed E-state index contributed by atoms with van der Waals surface area (Å²) in [5.41, 5.74) is 3.40. The van der Waals surface area contributed by atoms with Crippen LogP contribution in [0.2, 0.25) is 10.0 Å². The van der Waals surface area contributed by atoms with E-state index in [1.165, 1.54) is 10.9 Å². The van der Waals surface area contributed by atoms with Gasteiger partial charge in [0.05, 0.1) is 6.10 Å². The number of para-hydroxylation sites is 1. The average molecular weight is 363 g/mol. The number of nitrogens with zero attached hydrogens (tertiary/aromatic N) is 1. The van der Waals surface area contributed by atoms with Gasteiger partial charge in [-0.25, -0.2) is 0 Å². The van der Waals surface area contributed by atoms with Crippen molar-refractivity contribution in [3.8, 4) is 0 Å². The summed E-state index contributed by atoms with van der Waals surface area (Å²) < 4.78 is 2.20. The highest BCUT2D eigenvalue weighted by molar-refractivity contribution is 6.35. The Kier molecular flexibility index (Phi) is 5.47. The second-order valence-electron chi connectivity index (χ2n) is 6.02. The standard InChI is InChI=1S/C19H20Cl2N2O/c1-13(24)9-22-10-15-12-23(19-5-3-2-4-17(15)19)11-14-6-7-16(20)8-18(14)21/h2-8,12-13,22,24H,9-11H2,1H3/t13-/m0/s1. The molecule has 1 heterocycles. The summed E-state index contributed by atoms with van der Waals surface area (Å²) in [5, 5.41) is 15.2. The Morgan fingerprint density at radius 3 is 2.67 bits per heavy atom. The molecule has 3 rings (SSSR count). The van der Waals surface area contributed by atoms with Crippen molar-refractivity contribution in [2.45, 2.75) is 26.1 Å². The lowest BCUT2D eigenvalue weighted by atomic mass is 10.2. The van der Waals surface area contributed by atoms with Crippen molar-refractivity contribution < 1.29 is 5.11 Å². The monoisotopic (exact) mass is 362 g/mol. The zero-order chi connectivity index (χ0) is 17.1. The molecule has 0 radical (unpaired) electrons. The number of aliphatic hydroxyl groups is 1. The molecule has 5 heteroatoms. The molecule has 0 spiro atoms. The van der Waals surface area contributed by atoms with E-state index in [0.717, 1.165) is 11.1 Å². The predicted molar refractivity (Wildman–Crippen MR) is 101 cm³/mol. The van der Waals surface area contributed by atoms with Crippen LogP contribution in [0.1, 0.15) is 18.1 Å². The summed E-state index contributed by atoms with van der Waals surface area (Å²) >= 11 is 12.3. The van der Waals surface area contributed by atoms with Crippen molar-refractivity contribution in [1.29, 1.82) is 0 Å². The molecule has 2 N–H and O–H groups in total. The zero-order valence-electron chi connectivity index (χ0n) is 13.5. The summed E-state index contributed by atoms with van der Waals surface area (Å²) in [4.78, 5) is 0. The third-order valence-corrected chi connectivity index (χ3v) is 4.57. The van der Waals surface area contributed by atoms with Crippen LogP contribution in [0.5, 0.6) is 0 Å². The van der Waals surface area contributed by atoms with E-state index < -0.39 is 0 Å². The maximum atomic E-state index is 9.40. The van der Waals surface area contributed by atoms with Gasteiger partial charge in [0, 0.05) is 46.8 Å². The number of rotatable bonds is 6. The topological polar surface area (TPSA) is 37.2 Å². The maximum Gasteiger partial charge on any atom is 0.0636 e. The van der Waals surface area contributed by atoms with Crippen LogP contribution in [0.4, 0.5) is 0 Å². The molecule has 1 aromatic heterocycles. The fraction of sp³-hybridized carbons (Fsp3) is 0.263. The molecule has 0 aliphatic rings. The van der Waals surface area contributed by atoms with Crippen LogP contribution in [0.3, 0.4) is 0 Å². The molecule has 0 bridgehead atoms. The van der Waals surface area contributed by atoms with Gasteiger partial charge < -0.3 is 15.0 Å². The van der Waals surface area contributed by atoms with Crippen molar-refractivity contribution in [1.82, 2.24) is 9.88 Å². The molecular weight excluding hydrogens is 343 g/mol. The first-order valence-electron chi connectivity index (χ1n) is 7.94. The van der Waals surface area contributed by atoms with Gasteiger partial charge in [-0.3, -0.25) is 0 Å². The molecule has 0 aliphatic heterocycles. The number of aliphatic hydroxyl groups excluding tert-OH is 1. The van der Waals surface area contributed by atoms with Gasteiger partial charge in [0.1, 0.15) is 0 Å². The molecule has 0 saturated carbocycles. The number of aromatic nitrogens is 1. The van der Waals surface area contributed by atoms with Gasteiger partial charge in [-0.15, -0.1) is 0 Å². The van der Waals surface area contributed by atoms with Crippen molar-refractivity contribution >= 4 is 34.1 Å². The predicted octanol–water partition coefficient (Wildman–Crippen LogP) is 4.47. The molecule has 2 aromatic carbocycles. The van der Waals surface area contributed by atoms with Crippen LogP contribution in [0.25, 0.3) is 10.9 Å². The third kappa shape index (κ3) is 3.93. The number of hydrogen-bond acceptors (Lipinski definition) is 2. The molecular formula is C19H20Cl2N2O. The van der Waals surface area contributed by atoms with Crippen LogP contribution in [0.15, 0.2) is 48.7 Å². The lowest BCUT2D eigenvalue weighted by Gasteiger charge is -2.08. The molecule has 0 amide bonds. The highest BCUT2D eigenvalue weighted by atomic mass is 35.5. The van der Waals surface area contributed by atoms with Crippen molar-refractivity contribution in [2.24, 2.45) is 0 Å². The Bertz CT molecular complexity index is 842. The molecule has 1 atom stereocenters. The number of halogens is 2. The first-order chi connectivity index (χ1) is 11.5. The fourth-order valence-corrected chi connectivity index (χ4v) is 3.31. The van der Waals surface area contributed by atoms with Gasteiger partial charge in [0.25, 0.3) is 0 Å². The minimum Gasteiger partial charge on any atom is -0.392 e. The normalized spacial score (nSPS) is 12.7. The van der Waals surface area contributed by atoms with Crippen molar-refractivity contribution in [2.75, 3.05) is 6.54 Å². The largest absolute Gasteiger partial charge is 0.392 e. The summed E-state index contributed by atoms with van der Waals surface area (Å²) in [7, 11) is 0. The lowest BCUT2D eigenvalue weighted by molar-refractivity contribution is 0.191. The smallest absolute Gasteiger partial charge is 0.0636 e. The summed E-state index contributed by atoms with van der Waals surface area (Å²) in [5.74, 6) is 0. The van der Waals surface area contributed by atoms with E-state index in [1.54, 1.807) is 13.0 Å². The molecule has 0 saturated heterocycles. The zero-order valence-corrected chi connectivity index (χ0v) is 15.0. The first-order valence-corrected chi connectivity index (χ1v) is 8.69. The Morgan fingerprint density at radius 1 is 1.12 bits per heavy atom. The minimum atomic E-state index is -0.355. The van der Waals surface area contributed by atoms with Gasteiger partial charge in [-0.2, -0.15) is 0 Å². The number of hydrogen-bond donors (Lipinski definition) is 2. The number of fused-ring (bicyclic) bond motifs is 1. The molecule has 0 unspecified atom stereocenters. The van der Waals surface area contributed by atoms with Crippen molar-refractivity contribution in [3.63, 3.8) is 0 Å². The van der Waals surface area contributed by atoms with Crippen molar-refractivity contribution in [3.05, 3.63) is 69.8 Å². The molecule has 3 aromatic rings. The summed E-state index contributed by atoms with van der Waals surface area (Å²) in [6.45, 7) is 3.75. The SMILES string of the molecule is C[C@H](O)CNCc1cn(Cc2ccc(Cl)cc2Cl)c2ccccc12. The minimum absolute atomic E-state index is 0.355. The van der Waals surface area contributed by atoms with Crippen LogP contribution < -0.4 is 5.32 Å². The maximum absolute atomic E-state index is 9.40. The van der Waals surface area contributed by atoms with E-state index in [2.05, 4.69) is 28.2 Å². The van der Waals surface area contributed by atoms with Crippen LogP contribution >= 0.6 is 23.2 Å². The number of nitrogens with one attached hydrogen (secondary N) is 1. The highest BCUT2D eigenvalue weighted by Gasteiger charge is 2.10. The van der Waals surface area contributed by atoms with Gasteiger partial charge >= 0.3 is 0 Å². The quantitative estimate of drug-likeness (QED) is 0.678. The molecule has 24 heavy (non-hydrogen) atoms. The van der Waals surface area contributed by atoms with E-state index >= 15 is 0 Å². The van der Waals surface area contributed by atoms with E-state index in [9.17, 15) is 5.11 Å². The average Bonchev–Trinajstić information content (AvgIpc) is 2.88. The third-order valence-electron chi connectivity index (χ3n) is 3.98. The van der Waals surface area contributed by atoms with E-state index in [1.807, 2.05) is 24.3 Å². The van der Waals surface area contributed by atoms with Gasteiger partial charge in [0.15, 0.2) is 0 Å². The van der Waals surface area contributed by atoms with Crippen LogP contribution in [-0.2, 0) is 13.1 Å². The van der Waals surface area contributed by atoms with Gasteiger partial charge in [0.2, 0.25) is 0 Å². The van der Waals surface area contributed by atoms with Gasteiger partial charge in [-0.05, 0) is 36.2 Å². The molecule has 126 valence electrons. The summed E-state index contributed by atoms with van der Waals surface area (Å²) in [6.07, 6.45) is 1.79. The molecule has 0 fully saturated rings. The molecule has 0 aliphatic carbocycles. The Balaban J connectivity index is 1.90. The Morgan fingerprint density at radius 2 is 1.92 bits per heavy atom. The van der Waals surface area contributed by atoms with E-state index in [-0.39, 0.29) is 6.10 Å². The highest BCUT2D eigenvalue weighted by Crippen LogP contribution is 2.26. The van der Waals surface area contributed by atoms with Crippen LogP contribution in [-0.4, -0.2) is 22.3 Å². The Hall–Kier alpha value is -1.52. The first kappa shape index (κ1) is 17.3.